The van der Waals surface area contributed by atoms with Crippen molar-refractivity contribution in [3.05, 3.63) is 0 Å². The van der Waals surface area contributed by atoms with Crippen LogP contribution >= 0.6 is 0 Å². The lowest BCUT2D eigenvalue weighted by Gasteiger charge is -2.54. The van der Waals surface area contributed by atoms with Crippen molar-refractivity contribution in [3.63, 3.8) is 0 Å². The molecule has 1 saturated carbocycles. The molecule has 0 radical (unpaired) electrons. The summed E-state index contributed by atoms with van der Waals surface area (Å²) in [7, 11) is 2.39. The lowest BCUT2D eigenvalue weighted by Crippen LogP contribution is -2.55. The molecule has 0 aromatic rings. The second-order valence-corrected chi connectivity index (χ2v) is 7.93. The summed E-state index contributed by atoms with van der Waals surface area (Å²) < 4.78 is 0. The van der Waals surface area contributed by atoms with E-state index in [4.69, 9.17) is 0 Å². The van der Waals surface area contributed by atoms with Crippen molar-refractivity contribution in [2.45, 2.75) is 69.9 Å². The van der Waals surface area contributed by atoms with E-state index in [1.165, 1.54) is 70.9 Å². The Labute approximate surface area is 118 Å². The van der Waals surface area contributed by atoms with E-state index in [2.05, 4.69) is 17.3 Å². The predicted octanol–water partition coefficient (Wildman–Crippen LogP) is 3.03. The van der Waals surface area contributed by atoms with Crippen LogP contribution in [-0.2, 0) is 0 Å². The molecule has 1 aliphatic carbocycles. The van der Waals surface area contributed by atoms with Gasteiger partial charge in [0.05, 0.1) is 0 Å². The summed E-state index contributed by atoms with van der Waals surface area (Å²) in [5, 5.41) is 3.73. The van der Waals surface area contributed by atoms with E-state index in [1.54, 1.807) is 0 Å². The molecular weight excluding hydrogens is 232 g/mol. The average Bonchev–Trinajstić information content (AvgIpc) is 3.00. The second-order valence-electron chi connectivity index (χ2n) is 7.93. The maximum Gasteiger partial charge on any atom is 0.0101 e. The highest BCUT2D eigenvalue weighted by atomic mass is 15.2. The lowest BCUT2D eigenvalue weighted by atomic mass is 9.59. The van der Waals surface area contributed by atoms with Crippen molar-refractivity contribution in [1.29, 1.82) is 0 Å². The normalized spacial score (nSPS) is 48.2. The van der Waals surface area contributed by atoms with E-state index >= 15 is 0 Å². The first-order valence-corrected chi connectivity index (χ1v) is 8.71. The number of nitrogens with one attached hydrogen (secondary N) is 1. The van der Waals surface area contributed by atoms with Crippen LogP contribution in [-0.4, -0.2) is 37.1 Å². The summed E-state index contributed by atoms with van der Waals surface area (Å²) in [6.45, 7) is 2.61. The largest absolute Gasteiger partial charge is 0.316 e. The zero-order chi connectivity index (χ0) is 12.9. The molecule has 1 N–H and O–H groups in total. The molecule has 0 amide bonds. The molecule has 3 unspecified atom stereocenters. The van der Waals surface area contributed by atoms with Crippen LogP contribution in [0.1, 0.15) is 57.8 Å². The lowest BCUT2D eigenvalue weighted by molar-refractivity contribution is -0.0295. The van der Waals surface area contributed by atoms with Crippen molar-refractivity contribution in [2.24, 2.45) is 17.3 Å². The van der Waals surface area contributed by atoms with E-state index in [9.17, 15) is 0 Å². The van der Waals surface area contributed by atoms with Crippen molar-refractivity contribution in [1.82, 2.24) is 10.2 Å². The van der Waals surface area contributed by atoms with Crippen LogP contribution in [0.5, 0.6) is 0 Å². The number of hydrogen-bond acceptors (Lipinski definition) is 2. The number of nitrogens with zero attached hydrogens (tertiary/aromatic N) is 1. The van der Waals surface area contributed by atoms with Crippen LogP contribution in [0, 0.1) is 17.3 Å². The Bertz CT molecular complexity index is 320. The summed E-state index contributed by atoms with van der Waals surface area (Å²) >= 11 is 0. The fourth-order valence-corrected chi connectivity index (χ4v) is 6.13. The van der Waals surface area contributed by atoms with E-state index in [1.807, 2.05) is 0 Å². The molecule has 3 saturated heterocycles. The van der Waals surface area contributed by atoms with Gasteiger partial charge in [-0.15, -0.1) is 0 Å². The third-order valence-corrected chi connectivity index (χ3v) is 7.19. The van der Waals surface area contributed by atoms with Crippen molar-refractivity contribution >= 4 is 0 Å². The van der Waals surface area contributed by atoms with Gasteiger partial charge in [-0.05, 0) is 69.5 Å². The number of piperidine rings is 2. The number of rotatable bonds is 1. The molecule has 3 atom stereocenters. The van der Waals surface area contributed by atoms with E-state index in [0.717, 1.165) is 29.3 Å². The van der Waals surface area contributed by atoms with Crippen molar-refractivity contribution in [2.75, 3.05) is 20.1 Å². The van der Waals surface area contributed by atoms with E-state index in [0.29, 0.717) is 0 Å². The Kier molecular flexibility index (Phi) is 3.15. The first-order valence-electron chi connectivity index (χ1n) is 8.71. The van der Waals surface area contributed by atoms with Crippen molar-refractivity contribution < 1.29 is 0 Å². The predicted molar refractivity (Wildman–Crippen MR) is 79.2 cm³/mol. The smallest absolute Gasteiger partial charge is 0.0101 e. The Morgan fingerprint density at radius 2 is 1.68 bits per heavy atom. The van der Waals surface area contributed by atoms with Gasteiger partial charge in [0.2, 0.25) is 0 Å². The molecule has 2 heteroatoms. The minimum atomic E-state index is 0.721. The van der Waals surface area contributed by atoms with E-state index < -0.39 is 0 Å². The SMILES string of the molecule is CN1C2CCC1CC1(CCNCC1C1CCCC1)C2. The minimum Gasteiger partial charge on any atom is -0.316 e. The van der Waals surface area contributed by atoms with E-state index in [-0.39, 0.29) is 0 Å². The number of fused-ring (bicyclic) bond motifs is 2. The van der Waals surface area contributed by atoms with Crippen LogP contribution in [0.2, 0.25) is 0 Å². The molecule has 4 fully saturated rings. The van der Waals surface area contributed by atoms with Gasteiger partial charge >= 0.3 is 0 Å². The van der Waals surface area contributed by atoms with Crippen molar-refractivity contribution in [3.8, 4) is 0 Å². The third-order valence-electron chi connectivity index (χ3n) is 7.19. The zero-order valence-corrected chi connectivity index (χ0v) is 12.5. The van der Waals surface area contributed by atoms with Gasteiger partial charge in [0.1, 0.15) is 0 Å². The molecule has 108 valence electrons. The fourth-order valence-electron chi connectivity index (χ4n) is 6.13. The Balaban J connectivity index is 1.59. The molecule has 0 aromatic carbocycles. The molecule has 19 heavy (non-hydrogen) atoms. The fraction of sp³-hybridized carbons (Fsp3) is 1.00. The molecule has 0 aromatic heterocycles. The average molecular weight is 262 g/mol. The van der Waals surface area contributed by atoms with Gasteiger partial charge in [-0.1, -0.05) is 25.7 Å². The first-order chi connectivity index (χ1) is 9.28. The first kappa shape index (κ1) is 12.6. The zero-order valence-electron chi connectivity index (χ0n) is 12.5. The molecule has 4 rings (SSSR count). The molecular formula is C17H30N2. The van der Waals surface area contributed by atoms with Crippen LogP contribution in [0.3, 0.4) is 0 Å². The van der Waals surface area contributed by atoms with Gasteiger partial charge in [-0.3, -0.25) is 0 Å². The standard InChI is InChI=1S/C17H30N2/c1-19-14-6-7-15(19)11-17(10-14)8-9-18-12-16(17)13-4-2-3-5-13/h13-16,18H,2-12H2,1H3. The monoisotopic (exact) mass is 262 g/mol. The summed E-state index contributed by atoms with van der Waals surface area (Å²) in [6.07, 6.45) is 13.5. The minimum absolute atomic E-state index is 0.721. The highest BCUT2D eigenvalue weighted by molar-refractivity contribution is 5.06. The summed E-state index contributed by atoms with van der Waals surface area (Å²) in [6, 6.07) is 1.83. The Morgan fingerprint density at radius 3 is 2.37 bits per heavy atom. The maximum absolute atomic E-state index is 3.73. The van der Waals surface area contributed by atoms with Gasteiger partial charge in [-0.2, -0.15) is 0 Å². The summed E-state index contributed by atoms with van der Waals surface area (Å²) in [5.74, 6) is 2.05. The highest BCUT2D eigenvalue weighted by Gasteiger charge is 2.52. The molecule has 3 aliphatic heterocycles. The molecule has 2 nitrogen and oxygen atoms in total. The third kappa shape index (κ3) is 1.98. The second kappa shape index (κ2) is 4.73. The van der Waals surface area contributed by atoms with Crippen LogP contribution in [0.4, 0.5) is 0 Å². The van der Waals surface area contributed by atoms with Gasteiger partial charge in [-0.25, -0.2) is 0 Å². The summed E-state index contributed by atoms with van der Waals surface area (Å²) in [5.41, 5.74) is 0.721. The molecule has 4 aliphatic rings. The van der Waals surface area contributed by atoms with Crippen LogP contribution in [0.15, 0.2) is 0 Å². The Morgan fingerprint density at radius 1 is 1.00 bits per heavy atom. The molecule has 3 heterocycles. The summed E-state index contributed by atoms with van der Waals surface area (Å²) in [4.78, 5) is 2.72. The van der Waals surface area contributed by atoms with Gasteiger partial charge in [0, 0.05) is 12.1 Å². The maximum atomic E-state index is 3.73. The van der Waals surface area contributed by atoms with Gasteiger partial charge in [0.15, 0.2) is 0 Å². The van der Waals surface area contributed by atoms with Gasteiger partial charge in [0.25, 0.3) is 0 Å². The molecule has 1 spiro atoms. The topological polar surface area (TPSA) is 15.3 Å². The highest BCUT2D eigenvalue weighted by Crippen LogP contribution is 2.55. The molecule has 2 bridgehead atoms. The van der Waals surface area contributed by atoms with Crippen LogP contribution < -0.4 is 5.32 Å². The van der Waals surface area contributed by atoms with Gasteiger partial charge < -0.3 is 10.2 Å². The van der Waals surface area contributed by atoms with Crippen LogP contribution in [0.25, 0.3) is 0 Å². The number of hydrogen-bond donors (Lipinski definition) is 1. The quantitative estimate of drug-likeness (QED) is 0.781. The Hall–Kier alpha value is -0.0800.